The second-order valence-corrected chi connectivity index (χ2v) is 5.68. The van der Waals surface area contributed by atoms with Crippen LogP contribution in [0.1, 0.15) is 20.3 Å². The minimum atomic E-state index is -0.378. The van der Waals surface area contributed by atoms with Crippen molar-refractivity contribution in [2.24, 2.45) is 0 Å². The minimum Gasteiger partial charge on any atom is -0.223 e. The molecular formula is C11H14N6S. The Hall–Kier alpha value is -1.63. The smallest absolute Gasteiger partial charge is 0.208 e. The van der Waals surface area contributed by atoms with E-state index in [1.807, 2.05) is 9.36 Å². The van der Waals surface area contributed by atoms with Gasteiger partial charge in [0.2, 0.25) is 4.99 Å². The van der Waals surface area contributed by atoms with Crippen molar-refractivity contribution in [1.29, 1.82) is 0 Å². The number of hydrogen-bond acceptors (Lipinski definition) is 5. The molecule has 94 valence electrons. The van der Waals surface area contributed by atoms with Crippen LogP contribution in [0, 0.1) is 0 Å². The van der Waals surface area contributed by atoms with Gasteiger partial charge in [-0.25, -0.2) is 19.3 Å². The van der Waals surface area contributed by atoms with Crippen molar-refractivity contribution in [1.82, 2.24) is 29.5 Å². The molecule has 0 spiro atoms. The maximum Gasteiger partial charge on any atom is 0.208 e. The molecule has 0 fully saturated rings. The van der Waals surface area contributed by atoms with Crippen LogP contribution in [0.25, 0.3) is 0 Å². The van der Waals surface area contributed by atoms with E-state index < -0.39 is 0 Å². The summed E-state index contributed by atoms with van der Waals surface area (Å²) >= 11 is 1.80. The molecule has 0 radical (unpaired) electrons. The fourth-order valence-electron chi connectivity index (χ4n) is 2.07. The Bertz CT molecular complexity index is 522. The number of hydrogen-bond donors (Lipinski definition) is 0. The van der Waals surface area contributed by atoms with Crippen LogP contribution in [-0.4, -0.2) is 35.3 Å². The van der Waals surface area contributed by atoms with Gasteiger partial charge in [0.1, 0.15) is 25.3 Å². The van der Waals surface area contributed by atoms with Crippen molar-refractivity contribution in [3.8, 4) is 0 Å². The average molecular weight is 262 g/mol. The van der Waals surface area contributed by atoms with E-state index >= 15 is 0 Å². The number of nitrogens with zero attached hydrogens (tertiary/aromatic N) is 6. The van der Waals surface area contributed by atoms with Gasteiger partial charge in [-0.05, 0) is 13.8 Å². The first-order chi connectivity index (χ1) is 8.72. The van der Waals surface area contributed by atoms with Gasteiger partial charge < -0.3 is 0 Å². The Morgan fingerprint density at radius 1 is 1.06 bits per heavy atom. The Morgan fingerprint density at radius 3 is 2.11 bits per heavy atom. The first kappa shape index (κ1) is 11.5. The van der Waals surface area contributed by atoms with Crippen molar-refractivity contribution < 1.29 is 0 Å². The third-order valence-corrected chi connectivity index (χ3v) is 4.86. The van der Waals surface area contributed by atoms with E-state index in [-0.39, 0.29) is 4.99 Å². The van der Waals surface area contributed by atoms with Crippen LogP contribution in [0.4, 0.5) is 0 Å². The van der Waals surface area contributed by atoms with Gasteiger partial charge in [0, 0.05) is 12.2 Å². The monoisotopic (exact) mass is 262 g/mol. The van der Waals surface area contributed by atoms with Crippen LogP contribution in [0.2, 0.25) is 0 Å². The van der Waals surface area contributed by atoms with Crippen LogP contribution in [0.3, 0.4) is 0 Å². The van der Waals surface area contributed by atoms with E-state index in [2.05, 4.69) is 34.0 Å². The molecule has 18 heavy (non-hydrogen) atoms. The lowest BCUT2D eigenvalue weighted by atomic mass is 10.1. The highest BCUT2D eigenvalue weighted by atomic mass is 32.2. The van der Waals surface area contributed by atoms with Crippen LogP contribution in [0.5, 0.6) is 0 Å². The minimum absolute atomic E-state index is 0.378. The fraction of sp³-hybridized carbons (Fsp3) is 0.455. The highest BCUT2D eigenvalue weighted by Crippen LogP contribution is 2.42. The lowest BCUT2D eigenvalue weighted by Crippen LogP contribution is -2.41. The molecule has 1 aliphatic rings. The number of allylic oxidation sites excluding steroid dienone is 1. The summed E-state index contributed by atoms with van der Waals surface area (Å²) < 4.78 is 3.73. The number of thioether (sulfide) groups is 1. The third kappa shape index (κ3) is 1.66. The van der Waals surface area contributed by atoms with E-state index in [9.17, 15) is 0 Å². The van der Waals surface area contributed by atoms with Crippen LogP contribution >= 0.6 is 11.8 Å². The standard InChI is InChI=1S/C11H14N6S/c1-9-3-11(18-4-10(9)2,16-7-12-5-14-16)17-8-13-6-15-17/h5-8H,3-4H2,1-2H3. The molecule has 1 aliphatic heterocycles. The lowest BCUT2D eigenvalue weighted by Gasteiger charge is -2.37. The van der Waals surface area contributed by atoms with Crippen LogP contribution < -0.4 is 0 Å². The van der Waals surface area contributed by atoms with Gasteiger partial charge in [0.25, 0.3) is 0 Å². The summed E-state index contributed by atoms with van der Waals surface area (Å²) in [6.45, 7) is 4.34. The van der Waals surface area contributed by atoms with Crippen molar-refractivity contribution in [2.45, 2.75) is 25.3 Å². The summed E-state index contributed by atoms with van der Waals surface area (Å²) in [5, 5.41) is 8.60. The predicted octanol–water partition coefficient (Wildman–Crippen LogP) is 1.50. The summed E-state index contributed by atoms with van der Waals surface area (Å²) in [7, 11) is 0. The zero-order valence-corrected chi connectivity index (χ0v) is 11.1. The van der Waals surface area contributed by atoms with Gasteiger partial charge in [-0.3, -0.25) is 0 Å². The number of aromatic nitrogens is 6. The highest BCUT2D eigenvalue weighted by Gasteiger charge is 2.39. The number of rotatable bonds is 2. The Balaban J connectivity index is 2.12. The lowest BCUT2D eigenvalue weighted by molar-refractivity contribution is 0.303. The molecule has 2 aromatic rings. The zero-order chi connectivity index (χ0) is 12.6. The van der Waals surface area contributed by atoms with E-state index in [0.717, 1.165) is 12.2 Å². The van der Waals surface area contributed by atoms with Gasteiger partial charge in [-0.2, -0.15) is 10.2 Å². The molecule has 0 amide bonds. The van der Waals surface area contributed by atoms with Gasteiger partial charge >= 0.3 is 0 Å². The van der Waals surface area contributed by atoms with Gasteiger partial charge in [0.15, 0.2) is 0 Å². The molecule has 2 aromatic heterocycles. The summed E-state index contributed by atoms with van der Waals surface area (Å²) in [6, 6.07) is 0. The molecule has 0 atom stereocenters. The Kier molecular flexibility index (Phi) is 2.70. The van der Waals surface area contributed by atoms with E-state index in [1.165, 1.54) is 11.1 Å². The van der Waals surface area contributed by atoms with Gasteiger partial charge in [0.05, 0.1) is 0 Å². The molecule has 0 N–H and O–H groups in total. The van der Waals surface area contributed by atoms with Gasteiger partial charge in [-0.15, -0.1) is 11.8 Å². The normalized spacial score (nSPS) is 19.2. The maximum absolute atomic E-state index is 4.30. The van der Waals surface area contributed by atoms with Crippen LogP contribution in [0.15, 0.2) is 36.5 Å². The summed E-state index contributed by atoms with van der Waals surface area (Å²) in [5.74, 6) is 0.964. The second kappa shape index (κ2) is 4.24. The van der Waals surface area contributed by atoms with E-state index in [4.69, 9.17) is 0 Å². The summed E-state index contributed by atoms with van der Waals surface area (Å²) in [4.78, 5) is 7.74. The Labute approximate surface area is 109 Å². The molecule has 0 unspecified atom stereocenters. The molecule has 0 bridgehead atoms. The molecular weight excluding hydrogens is 248 g/mol. The summed E-state index contributed by atoms with van der Waals surface area (Å²) in [6.07, 6.45) is 7.45. The van der Waals surface area contributed by atoms with Crippen molar-refractivity contribution in [3.63, 3.8) is 0 Å². The van der Waals surface area contributed by atoms with Crippen molar-refractivity contribution >= 4 is 11.8 Å². The molecule has 6 nitrogen and oxygen atoms in total. The third-order valence-electron chi connectivity index (χ3n) is 3.30. The maximum atomic E-state index is 4.30. The largest absolute Gasteiger partial charge is 0.223 e. The van der Waals surface area contributed by atoms with Crippen molar-refractivity contribution in [3.05, 3.63) is 36.5 Å². The van der Waals surface area contributed by atoms with Crippen LogP contribution in [-0.2, 0) is 4.99 Å². The highest BCUT2D eigenvalue weighted by molar-refractivity contribution is 8.00. The quantitative estimate of drug-likeness (QED) is 0.768. The molecule has 0 aromatic carbocycles. The molecule has 3 heterocycles. The fourth-order valence-corrected chi connectivity index (χ4v) is 3.54. The molecule has 7 heteroatoms. The second-order valence-electron chi connectivity index (χ2n) is 4.45. The van der Waals surface area contributed by atoms with E-state index in [1.54, 1.807) is 37.1 Å². The molecule has 3 rings (SSSR count). The predicted molar refractivity (Wildman–Crippen MR) is 68.9 cm³/mol. The topological polar surface area (TPSA) is 61.4 Å². The molecule has 0 saturated heterocycles. The molecule has 0 aliphatic carbocycles. The Morgan fingerprint density at radius 2 is 1.67 bits per heavy atom. The van der Waals surface area contributed by atoms with E-state index in [0.29, 0.717) is 0 Å². The molecule has 0 saturated carbocycles. The summed E-state index contributed by atoms with van der Waals surface area (Å²) in [5.41, 5.74) is 2.80. The van der Waals surface area contributed by atoms with Crippen molar-refractivity contribution in [2.75, 3.05) is 5.75 Å². The van der Waals surface area contributed by atoms with Gasteiger partial charge in [-0.1, -0.05) is 11.1 Å². The first-order valence-electron chi connectivity index (χ1n) is 5.72. The first-order valence-corrected chi connectivity index (χ1v) is 6.70. The SMILES string of the molecule is CC1=C(C)CC(n2cncn2)(n2cncn2)SC1. The average Bonchev–Trinajstić information content (AvgIpc) is 3.04. The zero-order valence-electron chi connectivity index (χ0n) is 10.3.